The first-order chi connectivity index (χ1) is 12.4. The fraction of sp³-hybridized carbons (Fsp3) is 0.222. The van der Waals surface area contributed by atoms with Crippen LogP contribution >= 0.6 is 11.3 Å². The van der Waals surface area contributed by atoms with E-state index in [1.165, 1.54) is 41.3 Å². The maximum atomic E-state index is 12.8. The van der Waals surface area contributed by atoms with Crippen molar-refractivity contribution in [2.24, 2.45) is 0 Å². The topological polar surface area (TPSA) is 83.2 Å². The summed E-state index contributed by atoms with van der Waals surface area (Å²) < 4.78 is 7.77. The van der Waals surface area contributed by atoms with E-state index in [4.69, 9.17) is 0 Å². The molecule has 0 aliphatic carbocycles. The normalized spacial score (nSPS) is 10.7. The number of Topliss-reactive ketones (excluding diaryl/α,β-unsaturated/α-hetero) is 1. The highest BCUT2D eigenvalue weighted by molar-refractivity contribution is 7.12. The standard InChI is InChI=1S/C18H17N3O4S/c1-11-8-14(12(2)21(11)18-19-6-7-26-18)15(22)10-20-9-13(17(24)25-3)4-5-16(20)23/h4-9H,10H2,1-3H3. The SMILES string of the molecule is COC(=O)c1ccc(=O)n(CC(=O)c2cc(C)n(-c3nccs3)c2C)c1. The fourth-order valence-electron chi connectivity index (χ4n) is 2.80. The van der Waals surface area contributed by atoms with E-state index in [1.54, 1.807) is 12.3 Å². The first-order valence-corrected chi connectivity index (χ1v) is 8.71. The van der Waals surface area contributed by atoms with Crippen LogP contribution in [0.3, 0.4) is 0 Å². The maximum Gasteiger partial charge on any atom is 0.339 e. The quantitative estimate of drug-likeness (QED) is 0.508. The maximum absolute atomic E-state index is 12.8. The van der Waals surface area contributed by atoms with Crippen molar-refractivity contribution in [3.8, 4) is 5.13 Å². The number of nitrogens with zero attached hydrogens (tertiary/aromatic N) is 3. The molecule has 0 saturated heterocycles. The monoisotopic (exact) mass is 371 g/mol. The lowest BCUT2D eigenvalue weighted by atomic mass is 10.1. The van der Waals surface area contributed by atoms with E-state index in [-0.39, 0.29) is 23.5 Å². The summed E-state index contributed by atoms with van der Waals surface area (Å²) in [5, 5.41) is 2.65. The smallest absolute Gasteiger partial charge is 0.339 e. The number of rotatable bonds is 5. The van der Waals surface area contributed by atoms with Gasteiger partial charge in [0.05, 0.1) is 19.2 Å². The number of pyridine rings is 1. The molecular weight excluding hydrogens is 354 g/mol. The number of carbonyl (C=O) groups is 2. The van der Waals surface area contributed by atoms with Crippen molar-refractivity contribution in [3.05, 3.63) is 68.8 Å². The predicted molar refractivity (Wildman–Crippen MR) is 97.3 cm³/mol. The van der Waals surface area contributed by atoms with Crippen molar-refractivity contribution >= 4 is 23.1 Å². The zero-order valence-corrected chi connectivity index (χ0v) is 15.4. The van der Waals surface area contributed by atoms with Crippen molar-refractivity contribution in [2.75, 3.05) is 7.11 Å². The number of thiazole rings is 1. The highest BCUT2D eigenvalue weighted by atomic mass is 32.1. The Hall–Kier alpha value is -3.00. The van der Waals surface area contributed by atoms with Crippen molar-refractivity contribution in [1.29, 1.82) is 0 Å². The average molecular weight is 371 g/mol. The van der Waals surface area contributed by atoms with Gasteiger partial charge in [0.15, 0.2) is 10.9 Å². The van der Waals surface area contributed by atoms with Gasteiger partial charge in [0, 0.05) is 40.8 Å². The van der Waals surface area contributed by atoms with Crippen molar-refractivity contribution in [2.45, 2.75) is 20.4 Å². The minimum absolute atomic E-state index is 0.161. The van der Waals surface area contributed by atoms with Crippen LogP contribution in [0.1, 0.15) is 32.1 Å². The van der Waals surface area contributed by atoms with E-state index in [9.17, 15) is 14.4 Å². The minimum atomic E-state index is -0.562. The van der Waals surface area contributed by atoms with Crippen LogP contribution in [0.25, 0.3) is 5.13 Å². The summed E-state index contributed by atoms with van der Waals surface area (Å²) >= 11 is 1.48. The van der Waals surface area contributed by atoms with Crippen LogP contribution in [0.4, 0.5) is 0 Å². The third kappa shape index (κ3) is 3.23. The lowest BCUT2D eigenvalue weighted by molar-refractivity contribution is 0.0599. The number of esters is 1. The molecule has 0 spiro atoms. The van der Waals surface area contributed by atoms with Gasteiger partial charge in [-0.1, -0.05) is 0 Å². The molecule has 0 fully saturated rings. The lowest BCUT2D eigenvalue weighted by Crippen LogP contribution is -2.24. The van der Waals surface area contributed by atoms with Crippen LogP contribution in [-0.2, 0) is 11.3 Å². The van der Waals surface area contributed by atoms with E-state index >= 15 is 0 Å². The Morgan fingerprint density at radius 3 is 2.69 bits per heavy atom. The summed E-state index contributed by atoms with van der Waals surface area (Å²) in [6.45, 7) is 3.58. The molecule has 3 heterocycles. The number of hydrogen-bond donors (Lipinski definition) is 0. The number of methoxy groups -OCH3 is 1. The molecule has 0 amide bonds. The molecule has 3 rings (SSSR count). The summed E-state index contributed by atoms with van der Waals surface area (Å²) in [7, 11) is 1.26. The molecule has 8 heteroatoms. The van der Waals surface area contributed by atoms with Crippen LogP contribution < -0.4 is 5.56 Å². The van der Waals surface area contributed by atoms with Crippen LogP contribution in [0.2, 0.25) is 0 Å². The number of ether oxygens (including phenoxy) is 1. The summed E-state index contributed by atoms with van der Waals surface area (Å²) in [6.07, 6.45) is 3.05. The molecule has 0 N–H and O–H groups in total. The summed E-state index contributed by atoms with van der Waals surface area (Å²) in [4.78, 5) is 40.7. The van der Waals surface area contributed by atoms with E-state index < -0.39 is 5.97 Å². The molecule has 26 heavy (non-hydrogen) atoms. The predicted octanol–water partition coefficient (Wildman–Crippen LogP) is 2.38. The Morgan fingerprint density at radius 2 is 2.04 bits per heavy atom. The first kappa shape index (κ1) is 17.8. The van der Waals surface area contributed by atoms with Gasteiger partial charge < -0.3 is 9.30 Å². The molecule has 0 unspecified atom stereocenters. The molecule has 0 radical (unpaired) electrons. The van der Waals surface area contributed by atoms with Gasteiger partial charge in [-0.2, -0.15) is 0 Å². The number of hydrogen-bond acceptors (Lipinski definition) is 6. The fourth-order valence-corrected chi connectivity index (χ4v) is 3.55. The molecule has 0 aliphatic rings. The van der Waals surface area contributed by atoms with Crippen LogP contribution in [0.15, 0.2) is 40.8 Å². The lowest BCUT2D eigenvalue weighted by Gasteiger charge is -2.08. The second-order valence-corrected chi connectivity index (χ2v) is 6.61. The Bertz CT molecular complexity index is 1030. The van der Waals surface area contributed by atoms with Crippen LogP contribution in [0.5, 0.6) is 0 Å². The average Bonchev–Trinajstić information content (AvgIpc) is 3.23. The van der Waals surface area contributed by atoms with E-state index in [0.717, 1.165) is 16.5 Å². The largest absolute Gasteiger partial charge is 0.465 e. The van der Waals surface area contributed by atoms with Gasteiger partial charge >= 0.3 is 5.97 Å². The molecule has 0 aromatic carbocycles. The zero-order valence-electron chi connectivity index (χ0n) is 14.6. The summed E-state index contributed by atoms with van der Waals surface area (Å²) in [6, 6.07) is 4.41. The Morgan fingerprint density at radius 1 is 1.27 bits per heavy atom. The highest BCUT2D eigenvalue weighted by Gasteiger charge is 2.19. The minimum Gasteiger partial charge on any atom is -0.465 e. The Balaban J connectivity index is 1.94. The Labute approximate surface area is 153 Å². The van der Waals surface area contributed by atoms with Crippen molar-refractivity contribution < 1.29 is 14.3 Å². The molecule has 7 nitrogen and oxygen atoms in total. The van der Waals surface area contributed by atoms with Crippen molar-refractivity contribution in [3.63, 3.8) is 0 Å². The summed E-state index contributed by atoms with van der Waals surface area (Å²) in [5.74, 6) is -0.779. The number of aryl methyl sites for hydroxylation is 1. The zero-order chi connectivity index (χ0) is 18.8. The number of ketones is 1. The number of carbonyl (C=O) groups excluding carboxylic acids is 2. The number of aromatic nitrogens is 3. The van der Waals surface area contributed by atoms with Crippen LogP contribution in [-0.4, -0.2) is 33.0 Å². The van der Waals surface area contributed by atoms with Gasteiger partial charge in [-0.15, -0.1) is 11.3 Å². The van der Waals surface area contributed by atoms with Gasteiger partial charge in [-0.3, -0.25) is 14.2 Å². The second kappa shape index (κ2) is 7.09. The highest BCUT2D eigenvalue weighted by Crippen LogP contribution is 2.22. The third-order valence-electron chi connectivity index (χ3n) is 4.06. The van der Waals surface area contributed by atoms with Gasteiger partial charge in [0.2, 0.25) is 0 Å². The van der Waals surface area contributed by atoms with Gasteiger partial charge in [-0.05, 0) is 26.0 Å². The Kier molecular flexibility index (Phi) is 4.85. The molecular formula is C18H17N3O4S. The van der Waals surface area contributed by atoms with E-state index in [1.807, 2.05) is 23.8 Å². The molecule has 0 aliphatic heterocycles. The molecule has 3 aromatic heterocycles. The molecule has 0 saturated carbocycles. The first-order valence-electron chi connectivity index (χ1n) is 7.83. The van der Waals surface area contributed by atoms with Crippen molar-refractivity contribution in [1.82, 2.24) is 14.1 Å². The molecule has 0 bridgehead atoms. The molecule has 0 atom stereocenters. The molecule has 134 valence electrons. The summed E-state index contributed by atoms with van der Waals surface area (Å²) in [5.41, 5.74) is 2.03. The van der Waals surface area contributed by atoms with Gasteiger partial charge in [-0.25, -0.2) is 9.78 Å². The van der Waals surface area contributed by atoms with E-state index in [0.29, 0.717) is 5.56 Å². The van der Waals surface area contributed by atoms with Crippen LogP contribution in [0, 0.1) is 13.8 Å². The second-order valence-electron chi connectivity index (χ2n) is 5.73. The third-order valence-corrected chi connectivity index (χ3v) is 4.82. The van der Waals surface area contributed by atoms with Gasteiger partial charge in [0.1, 0.15) is 0 Å². The van der Waals surface area contributed by atoms with Gasteiger partial charge in [0.25, 0.3) is 5.56 Å². The molecule has 3 aromatic rings. The van der Waals surface area contributed by atoms with E-state index in [2.05, 4.69) is 9.72 Å².